The Morgan fingerprint density at radius 3 is 2.93 bits per heavy atom. The SMILES string of the molecule is CCN(CCN)C(=O)N1CCCOCC1. The van der Waals surface area contributed by atoms with Crippen molar-refractivity contribution in [1.82, 2.24) is 9.80 Å². The summed E-state index contributed by atoms with van der Waals surface area (Å²) in [7, 11) is 0. The molecule has 0 bridgehead atoms. The molecule has 0 atom stereocenters. The van der Waals surface area contributed by atoms with Gasteiger partial charge in [-0.15, -0.1) is 0 Å². The van der Waals surface area contributed by atoms with Crippen molar-refractivity contribution in [2.75, 3.05) is 45.9 Å². The van der Waals surface area contributed by atoms with E-state index in [1.807, 2.05) is 11.8 Å². The van der Waals surface area contributed by atoms with Crippen LogP contribution in [0.3, 0.4) is 0 Å². The van der Waals surface area contributed by atoms with Crippen LogP contribution in [-0.2, 0) is 4.74 Å². The molecule has 15 heavy (non-hydrogen) atoms. The highest BCUT2D eigenvalue weighted by atomic mass is 16.5. The summed E-state index contributed by atoms with van der Waals surface area (Å²) in [6, 6.07) is 0.0912. The minimum Gasteiger partial charge on any atom is -0.380 e. The number of rotatable bonds is 3. The van der Waals surface area contributed by atoms with E-state index in [0.29, 0.717) is 32.8 Å². The molecule has 0 aromatic rings. The van der Waals surface area contributed by atoms with Crippen LogP contribution in [0.15, 0.2) is 0 Å². The molecular weight excluding hydrogens is 194 g/mol. The number of likely N-dealkylation sites (N-methyl/N-ethyl adjacent to an activating group) is 1. The van der Waals surface area contributed by atoms with E-state index in [-0.39, 0.29) is 6.03 Å². The van der Waals surface area contributed by atoms with Crippen LogP contribution in [0.2, 0.25) is 0 Å². The number of carbonyl (C=O) groups excluding carboxylic acids is 1. The summed E-state index contributed by atoms with van der Waals surface area (Å²) in [5, 5.41) is 0. The third-order valence-corrected chi connectivity index (χ3v) is 2.54. The molecule has 5 heteroatoms. The Morgan fingerprint density at radius 1 is 1.47 bits per heavy atom. The lowest BCUT2D eigenvalue weighted by Crippen LogP contribution is -2.45. The van der Waals surface area contributed by atoms with Crippen molar-refractivity contribution in [1.29, 1.82) is 0 Å². The number of urea groups is 1. The molecule has 0 spiro atoms. The van der Waals surface area contributed by atoms with Gasteiger partial charge in [0.2, 0.25) is 0 Å². The van der Waals surface area contributed by atoms with Gasteiger partial charge in [0.1, 0.15) is 0 Å². The van der Waals surface area contributed by atoms with Gasteiger partial charge in [0.05, 0.1) is 6.61 Å². The smallest absolute Gasteiger partial charge is 0.320 e. The van der Waals surface area contributed by atoms with Crippen molar-refractivity contribution < 1.29 is 9.53 Å². The molecule has 1 heterocycles. The molecule has 1 saturated heterocycles. The summed E-state index contributed by atoms with van der Waals surface area (Å²) in [5.74, 6) is 0. The monoisotopic (exact) mass is 215 g/mol. The molecule has 5 nitrogen and oxygen atoms in total. The Labute approximate surface area is 91.2 Å². The van der Waals surface area contributed by atoms with Crippen molar-refractivity contribution in [3.63, 3.8) is 0 Å². The molecule has 0 aromatic heterocycles. The summed E-state index contributed by atoms with van der Waals surface area (Å²) >= 11 is 0. The van der Waals surface area contributed by atoms with E-state index in [9.17, 15) is 4.79 Å². The highest BCUT2D eigenvalue weighted by molar-refractivity contribution is 5.74. The number of nitrogens with zero attached hydrogens (tertiary/aromatic N) is 2. The van der Waals surface area contributed by atoms with Gasteiger partial charge >= 0.3 is 6.03 Å². The number of amides is 2. The predicted octanol–water partition coefficient (Wildman–Crippen LogP) is 0.109. The van der Waals surface area contributed by atoms with Crippen LogP contribution >= 0.6 is 0 Å². The van der Waals surface area contributed by atoms with E-state index in [2.05, 4.69) is 0 Å². The van der Waals surface area contributed by atoms with Gasteiger partial charge in [0.25, 0.3) is 0 Å². The Bertz CT molecular complexity index is 191. The van der Waals surface area contributed by atoms with Crippen molar-refractivity contribution >= 4 is 6.03 Å². The molecule has 0 unspecified atom stereocenters. The first-order chi connectivity index (χ1) is 7.29. The third-order valence-electron chi connectivity index (χ3n) is 2.54. The van der Waals surface area contributed by atoms with Crippen LogP contribution in [-0.4, -0.2) is 61.8 Å². The van der Waals surface area contributed by atoms with Crippen LogP contribution < -0.4 is 5.73 Å². The molecule has 0 radical (unpaired) electrons. The maximum absolute atomic E-state index is 12.0. The zero-order chi connectivity index (χ0) is 11.1. The summed E-state index contributed by atoms with van der Waals surface area (Å²) < 4.78 is 5.31. The van der Waals surface area contributed by atoms with E-state index in [1.165, 1.54) is 0 Å². The van der Waals surface area contributed by atoms with Crippen molar-refractivity contribution in [2.24, 2.45) is 5.73 Å². The molecule has 1 aliphatic heterocycles. The molecule has 0 aromatic carbocycles. The third kappa shape index (κ3) is 3.68. The number of ether oxygens (including phenoxy) is 1. The Balaban J connectivity index is 2.47. The zero-order valence-electron chi connectivity index (χ0n) is 9.45. The fourth-order valence-electron chi connectivity index (χ4n) is 1.68. The van der Waals surface area contributed by atoms with Gasteiger partial charge in [-0.1, -0.05) is 0 Å². The lowest BCUT2D eigenvalue weighted by atomic mass is 10.4. The maximum atomic E-state index is 12.0. The molecule has 1 fully saturated rings. The van der Waals surface area contributed by atoms with Gasteiger partial charge in [-0.25, -0.2) is 4.79 Å². The van der Waals surface area contributed by atoms with E-state index >= 15 is 0 Å². The lowest BCUT2D eigenvalue weighted by molar-refractivity contribution is 0.133. The van der Waals surface area contributed by atoms with Crippen LogP contribution in [0, 0.1) is 0 Å². The topological polar surface area (TPSA) is 58.8 Å². The first kappa shape index (κ1) is 12.3. The van der Waals surface area contributed by atoms with Crippen LogP contribution in [0.25, 0.3) is 0 Å². The Hall–Kier alpha value is -0.810. The molecule has 88 valence electrons. The van der Waals surface area contributed by atoms with Crippen LogP contribution in [0.1, 0.15) is 13.3 Å². The first-order valence-corrected chi connectivity index (χ1v) is 5.61. The van der Waals surface area contributed by atoms with Crippen LogP contribution in [0.5, 0.6) is 0 Å². The standard InChI is InChI=1S/C10H21N3O2/c1-2-12(6-4-11)10(14)13-5-3-8-15-9-7-13/h2-9,11H2,1H3. The van der Waals surface area contributed by atoms with Crippen molar-refractivity contribution in [3.05, 3.63) is 0 Å². The normalized spacial score (nSPS) is 17.3. The van der Waals surface area contributed by atoms with Crippen molar-refractivity contribution in [3.8, 4) is 0 Å². The number of nitrogens with two attached hydrogens (primary N) is 1. The minimum atomic E-state index is 0.0912. The fourth-order valence-corrected chi connectivity index (χ4v) is 1.68. The molecule has 2 N–H and O–H groups in total. The molecular formula is C10H21N3O2. The van der Waals surface area contributed by atoms with E-state index in [1.54, 1.807) is 4.90 Å². The Morgan fingerprint density at radius 2 is 2.27 bits per heavy atom. The maximum Gasteiger partial charge on any atom is 0.320 e. The van der Waals surface area contributed by atoms with Crippen LogP contribution in [0.4, 0.5) is 4.79 Å². The first-order valence-electron chi connectivity index (χ1n) is 5.61. The molecule has 1 aliphatic rings. The van der Waals surface area contributed by atoms with E-state index in [4.69, 9.17) is 10.5 Å². The molecule has 1 rings (SSSR count). The second-order valence-electron chi connectivity index (χ2n) is 3.60. The number of hydrogen-bond acceptors (Lipinski definition) is 3. The highest BCUT2D eigenvalue weighted by Crippen LogP contribution is 2.03. The van der Waals surface area contributed by atoms with Gasteiger partial charge in [0.15, 0.2) is 0 Å². The van der Waals surface area contributed by atoms with E-state index in [0.717, 1.165) is 19.6 Å². The van der Waals surface area contributed by atoms with Gasteiger partial charge < -0.3 is 20.3 Å². The zero-order valence-corrected chi connectivity index (χ0v) is 9.45. The lowest BCUT2D eigenvalue weighted by Gasteiger charge is -2.28. The second kappa shape index (κ2) is 6.63. The number of hydrogen-bond donors (Lipinski definition) is 1. The van der Waals surface area contributed by atoms with Gasteiger partial charge in [-0.2, -0.15) is 0 Å². The van der Waals surface area contributed by atoms with E-state index < -0.39 is 0 Å². The summed E-state index contributed by atoms with van der Waals surface area (Å²) in [4.78, 5) is 15.6. The summed E-state index contributed by atoms with van der Waals surface area (Å²) in [6.07, 6.45) is 0.923. The van der Waals surface area contributed by atoms with Gasteiger partial charge in [0, 0.05) is 39.3 Å². The molecule has 0 aliphatic carbocycles. The summed E-state index contributed by atoms with van der Waals surface area (Å²) in [6.45, 7) is 6.73. The number of carbonyl (C=O) groups is 1. The fraction of sp³-hybridized carbons (Fsp3) is 0.900. The second-order valence-corrected chi connectivity index (χ2v) is 3.60. The predicted molar refractivity (Wildman–Crippen MR) is 58.7 cm³/mol. The minimum absolute atomic E-state index is 0.0912. The molecule has 0 saturated carbocycles. The molecule has 2 amide bonds. The quantitative estimate of drug-likeness (QED) is 0.727. The van der Waals surface area contributed by atoms with Gasteiger partial charge in [-0.05, 0) is 13.3 Å². The van der Waals surface area contributed by atoms with Gasteiger partial charge in [-0.3, -0.25) is 0 Å². The Kier molecular flexibility index (Phi) is 5.42. The summed E-state index contributed by atoms with van der Waals surface area (Å²) in [5.41, 5.74) is 5.47. The van der Waals surface area contributed by atoms with Crippen molar-refractivity contribution in [2.45, 2.75) is 13.3 Å². The highest BCUT2D eigenvalue weighted by Gasteiger charge is 2.19. The average Bonchev–Trinajstić information content (AvgIpc) is 2.53. The average molecular weight is 215 g/mol. The largest absolute Gasteiger partial charge is 0.380 e.